The first-order valence-corrected chi connectivity index (χ1v) is 5.54. The number of rotatable bonds is 2. The van der Waals surface area contributed by atoms with Crippen LogP contribution in [-0.2, 0) is 0 Å². The van der Waals surface area contributed by atoms with Gasteiger partial charge in [0.2, 0.25) is 0 Å². The minimum Gasteiger partial charge on any atom is -0.393 e. The lowest BCUT2D eigenvalue weighted by Crippen LogP contribution is -2.44. The molecular weight excluding hydrogens is 162 g/mol. The van der Waals surface area contributed by atoms with E-state index in [1.807, 2.05) is 0 Å². The van der Waals surface area contributed by atoms with Crippen LogP contribution in [0.4, 0.5) is 0 Å². The molecule has 1 aliphatic carbocycles. The van der Waals surface area contributed by atoms with Gasteiger partial charge in [-0.1, -0.05) is 6.92 Å². The van der Waals surface area contributed by atoms with Gasteiger partial charge in [0.05, 0.1) is 6.10 Å². The van der Waals surface area contributed by atoms with Crippen molar-refractivity contribution in [2.75, 3.05) is 13.1 Å². The van der Waals surface area contributed by atoms with Crippen LogP contribution in [0.3, 0.4) is 0 Å². The van der Waals surface area contributed by atoms with Crippen LogP contribution in [0.1, 0.15) is 39.5 Å². The fraction of sp³-hybridized carbons (Fsp3) is 1.00. The van der Waals surface area contributed by atoms with E-state index >= 15 is 0 Å². The van der Waals surface area contributed by atoms with Gasteiger partial charge in [-0.05, 0) is 38.0 Å². The summed E-state index contributed by atoms with van der Waals surface area (Å²) >= 11 is 0. The van der Waals surface area contributed by atoms with E-state index in [1.54, 1.807) is 0 Å². The summed E-state index contributed by atoms with van der Waals surface area (Å²) in [5.41, 5.74) is 0.599. The van der Waals surface area contributed by atoms with Crippen molar-refractivity contribution in [2.45, 2.75) is 51.7 Å². The smallest absolute Gasteiger partial charge is 0.0564 e. The molecule has 0 aromatic heterocycles. The van der Waals surface area contributed by atoms with Crippen LogP contribution in [-0.4, -0.2) is 35.2 Å². The number of hydrogen-bond donors (Lipinski definition) is 1. The van der Waals surface area contributed by atoms with Crippen molar-refractivity contribution in [1.82, 2.24) is 4.90 Å². The largest absolute Gasteiger partial charge is 0.393 e. The second-order valence-electron chi connectivity index (χ2n) is 5.10. The van der Waals surface area contributed by atoms with Crippen molar-refractivity contribution in [3.8, 4) is 0 Å². The molecule has 2 heteroatoms. The van der Waals surface area contributed by atoms with E-state index in [2.05, 4.69) is 18.7 Å². The van der Waals surface area contributed by atoms with Crippen molar-refractivity contribution in [1.29, 1.82) is 0 Å². The zero-order chi connectivity index (χ0) is 9.47. The summed E-state index contributed by atoms with van der Waals surface area (Å²) in [6.45, 7) is 6.93. The molecule has 0 spiro atoms. The zero-order valence-corrected chi connectivity index (χ0v) is 8.79. The lowest BCUT2D eigenvalue weighted by molar-refractivity contribution is 0.0472. The van der Waals surface area contributed by atoms with E-state index in [-0.39, 0.29) is 6.10 Å². The molecule has 1 saturated carbocycles. The van der Waals surface area contributed by atoms with E-state index < -0.39 is 0 Å². The van der Waals surface area contributed by atoms with Gasteiger partial charge in [0, 0.05) is 19.1 Å². The molecule has 1 heterocycles. The second-order valence-corrected chi connectivity index (χ2v) is 5.10. The van der Waals surface area contributed by atoms with Gasteiger partial charge in [-0.25, -0.2) is 0 Å². The van der Waals surface area contributed by atoms with Crippen LogP contribution >= 0.6 is 0 Å². The molecule has 76 valence electrons. The SMILES string of the molecule is CC(N1CCC(O)CC1)C1(C)CC1. The average Bonchev–Trinajstić information content (AvgIpc) is 2.85. The maximum Gasteiger partial charge on any atom is 0.0564 e. The Balaban J connectivity index is 1.87. The fourth-order valence-corrected chi connectivity index (χ4v) is 2.33. The number of hydrogen-bond acceptors (Lipinski definition) is 2. The van der Waals surface area contributed by atoms with Crippen LogP contribution in [0.25, 0.3) is 0 Å². The summed E-state index contributed by atoms with van der Waals surface area (Å²) in [6, 6.07) is 0.722. The number of aliphatic hydroxyl groups excluding tert-OH is 1. The standard InChI is InChI=1S/C11H21NO/c1-9(11(2)5-6-11)12-7-3-10(13)4-8-12/h9-10,13H,3-8H2,1-2H3. The first-order chi connectivity index (χ1) is 6.12. The molecule has 1 unspecified atom stereocenters. The van der Waals surface area contributed by atoms with Gasteiger partial charge in [0.25, 0.3) is 0 Å². The molecule has 0 amide bonds. The highest BCUT2D eigenvalue weighted by Crippen LogP contribution is 2.50. The third-order valence-electron chi connectivity index (χ3n) is 4.09. The van der Waals surface area contributed by atoms with Crippen LogP contribution in [0.2, 0.25) is 0 Å². The molecule has 0 bridgehead atoms. The molecule has 0 aromatic rings. The van der Waals surface area contributed by atoms with Gasteiger partial charge in [0.1, 0.15) is 0 Å². The van der Waals surface area contributed by atoms with Gasteiger partial charge in [-0.3, -0.25) is 4.90 Å². The first kappa shape index (κ1) is 9.47. The maximum absolute atomic E-state index is 9.40. The Bertz CT molecular complexity index is 181. The summed E-state index contributed by atoms with van der Waals surface area (Å²) in [7, 11) is 0. The van der Waals surface area contributed by atoms with Crippen LogP contribution < -0.4 is 0 Å². The number of likely N-dealkylation sites (tertiary alicyclic amines) is 1. The lowest BCUT2D eigenvalue weighted by Gasteiger charge is -2.37. The highest BCUT2D eigenvalue weighted by molar-refractivity contribution is 4.98. The van der Waals surface area contributed by atoms with Crippen molar-refractivity contribution >= 4 is 0 Å². The highest BCUT2D eigenvalue weighted by atomic mass is 16.3. The highest BCUT2D eigenvalue weighted by Gasteiger charge is 2.45. The lowest BCUT2D eigenvalue weighted by atomic mass is 9.96. The predicted molar refractivity (Wildman–Crippen MR) is 53.6 cm³/mol. The number of piperidine rings is 1. The van der Waals surface area contributed by atoms with Gasteiger partial charge >= 0.3 is 0 Å². The van der Waals surface area contributed by atoms with Crippen molar-refractivity contribution in [3.05, 3.63) is 0 Å². The van der Waals surface area contributed by atoms with Crippen molar-refractivity contribution in [3.63, 3.8) is 0 Å². The van der Waals surface area contributed by atoms with Crippen molar-refractivity contribution < 1.29 is 5.11 Å². The average molecular weight is 183 g/mol. The Hall–Kier alpha value is -0.0800. The summed E-state index contributed by atoms with van der Waals surface area (Å²) < 4.78 is 0. The Labute approximate surface area is 80.9 Å². The first-order valence-electron chi connectivity index (χ1n) is 5.54. The number of aliphatic hydroxyl groups is 1. The third kappa shape index (κ3) is 1.89. The second kappa shape index (κ2) is 3.25. The zero-order valence-electron chi connectivity index (χ0n) is 8.79. The molecule has 1 N–H and O–H groups in total. The summed E-state index contributed by atoms with van der Waals surface area (Å²) in [4.78, 5) is 2.56. The molecule has 1 atom stereocenters. The number of nitrogens with zero attached hydrogens (tertiary/aromatic N) is 1. The molecular formula is C11H21NO. The molecule has 0 aromatic carbocycles. The van der Waals surface area contributed by atoms with Crippen molar-refractivity contribution in [2.24, 2.45) is 5.41 Å². The molecule has 0 radical (unpaired) electrons. The predicted octanol–water partition coefficient (Wildman–Crippen LogP) is 1.63. The molecule has 2 aliphatic rings. The van der Waals surface area contributed by atoms with Gasteiger partial charge in [-0.2, -0.15) is 0 Å². The Morgan fingerprint density at radius 3 is 2.31 bits per heavy atom. The topological polar surface area (TPSA) is 23.5 Å². The van der Waals surface area contributed by atoms with E-state index in [0.29, 0.717) is 5.41 Å². The minimum atomic E-state index is -0.0320. The Morgan fingerprint density at radius 2 is 1.85 bits per heavy atom. The summed E-state index contributed by atoms with van der Waals surface area (Å²) in [6.07, 6.45) is 4.71. The van der Waals surface area contributed by atoms with Gasteiger partial charge in [0.15, 0.2) is 0 Å². The van der Waals surface area contributed by atoms with Gasteiger partial charge < -0.3 is 5.11 Å². The maximum atomic E-state index is 9.40. The molecule has 2 rings (SSSR count). The minimum absolute atomic E-state index is 0.0320. The van der Waals surface area contributed by atoms with Crippen LogP contribution in [0, 0.1) is 5.41 Å². The molecule has 2 nitrogen and oxygen atoms in total. The molecule has 2 fully saturated rings. The Morgan fingerprint density at radius 1 is 1.31 bits per heavy atom. The van der Waals surface area contributed by atoms with Gasteiger partial charge in [-0.15, -0.1) is 0 Å². The normalized spacial score (nSPS) is 31.6. The quantitative estimate of drug-likeness (QED) is 0.703. The third-order valence-corrected chi connectivity index (χ3v) is 4.09. The summed E-state index contributed by atoms with van der Waals surface area (Å²) in [5.74, 6) is 0. The van der Waals surface area contributed by atoms with Crippen LogP contribution in [0.5, 0.6) is 0 Å². The van der Waals surface area contributed by atoms with E-state index in [0.717, 1.165) is 32.0 Å². The molecule has 1 aliphatic heterocycles. The summed E-state index contributed by atoms with van der Waals surface area (Å²) in [5, 5.41) is 9.40. The Kier molecular flexibility index (Phi) is 2.37. The monoisotopic (exact) mass is 183 g/mol. The van der Waals surface area contributed by atoms with E-state index in [9.17, 15) is 5.11 Å². The molecule has 1 saturated heterocycles. The molecule has 13 heavy (non-hydrogen) atoms. The van der Waals surface area contributed by atoms with E-state index in [1.165, 1.54) is 12.8 Å². The fourth-order valence-electron chi connectivity index (χ4n) is 2.33. The van der Waals surface area contributed by atoms with Crippen LogP contribution in [0.15, 0.2) is 0 Å². The van der Waals surface area contributed by atoms with E-state index in [4.69, 9.17) is 0 Å².